The van der Waals surface area contributed by atoms with Gasteiger partial charge in [0, 0.05) is 36.5 Å². The molecule has 0 radical (unpaired) electrons. The molecule has 1 aromatic heterocycles. The average molecular weight is 383 g/mol. The molecule has 2 N–H and O–H groups in total. The molecule has 3 rings (SSSR count). The van der Waals surface area contributed by atoms with Gasteiger partial charge in [0.05, 0.1) is 6.10 Å². The molecule has 1 fully saturated rings. The first-order chi connectivity index (χ1) is 13.2. The zero-order valence-electron chi connectivity index (χ0n) is 17.8. The van der Waals surface area contributed by atoms with Crippen LogP contribution in [0.25, 0.3) is 0 Å². The Labute approximate surface area is 169 Å². The lowest BCUT2D eigenvalue weighted by molar-refractivity contribution is -0.127. The summed E-state index contributed by atoms with van der Waals surface area (Å²) in [6.45, 7) is 9.97. The molecule has 28 heavy (non-hydrogen) atoms. The van der Waals surface area contributed by atoms with Crippen LogP contribution in [0.2, 0.25) is 0 Å². The van der Waals surface area contributed by atoms with Crippen LogP contribution in [0, 0.1) is 5.41 Å². The summed E-state index contributed by atoms with van der Waals surface area (Å²) in [5.74, 6) is 0.457. The predicted octanol–water partition coefficient (Wildman–Crippen LogP) is 3.71. The van der Waals surface area contributed by atoms with E-state index in [2.05, 4.69) is 68.0 Å². The summed E-state index contributed by atoms with van der Waals surface area (Å²) >= 11 is 0. The first kappa shape index (κ1) is 21.0. The molecule has 1 aliphatic heterocycles. The van der Waals surface area contributed by atoms with Crippen LogP contribution in [0.3, 0.4) is 0 Å². The quantitative estimate of drug-likeness (QED) is 0.767. The molecular weight excluding hydrogens is 348 g/mol. The molecule has 0 saturated carbocycles. The van der Waals surface area contributed by atoms with Crippen LogP contribution >= 0.6 is 0 Å². The fourth-order valence-corrected chi connectivity index (χ4v) is 4.54. The van der Waals surface area contributed by atoms with Gasteiger partial charge in [0.2, 0.25) is 0 Å². The molecule has 1 aliphatic rings. The number of nitrogens with zero attached hydrogens (tertiary/aromatic N) is 2. The van der Waals surface area contributed by atoms with E-state index >= 15 is 0 Å². The molecule has 0 aliphatic carbocycles. The third kappa shape index (κ3) is 3.86. The highest BCUT2D eigenvalue weighted by Crippen LogP contribution is 2.50. The van der Waals surface area contributed by atoms with E-state index in [4.69, 9.17) is 0 Å². The van der Waals surface area contributed by atoms with Crippen molar-refractivity contribution in [2.24, 2.45) is 5.41 Å². The van der Waals surface area contributed by atoms with Gasteiger partial charge in [0.15, 0.2) is 0 Å². The third-order valence-corrected chi connectivity index (χ3v) is 6.17. The molecule has 0 unspecified atom stereocenters. The van der Waals surface area contributed by atoms with E-state index in [9.17, 15) is 10.2 Å². The van der Waals surface area contributed by atoms with Gasteiger partial charge in [-0.1, -0.05) is 45.0 Å². The van der Waals surface area contributed by atoms with Crippen molar-refractivity contribution in [1.82, 2.24) is 9.88 Å². The molecule has 2 atom stereocenters. The number of aryl methyl sites for hydroxylation is 1. The molecule has 1 aromatic carbocycles. The van der Waals surface area contributed by atoms with E-state index in [0.717, 1.165) is 36.2 Å². The summed E-state index contributed by atoms with van der Waals surface area (Å²) in [5.41, 5.74) is 2.68. The van der Waals surface area contributed by atoms with E-state index in [1.54, 1.807) is 13.1 Å². The van der Waals surface area contributed by atoms with Crippen molar-refractivity contribution in [1.29, 1.82) is 0 Å². The first-order valence-electron chi connectivity index (χ1n) is 10.3. The maximum atomic E-state index is 12.2. The SMILES string of the molecule is CC(C)c1ccc([C@](O)(c2cncc(CC[C@@H](C)O)c2)C2(C)CN(C)C2)cc1. The topological polar surface area (TPSA) is 56.6 Å². The number of aliphatic hydroxyl groups is 2. The zero-order chi connectivity index (χ0) is 20.5. The summed E-state index contributed by atoms with van der Waals surface area (Å²) in [6, 6.07) is 10.5. The number of rotatable bonds is 7. The van der Waals surface area contributed by atoms with E-state index in [0.29, 0.717) is 12.3 Å². The fraction of sp³-hybridized carbons (Fsp3) is 0.542. The van der Waals surface area contributed by atoms with Crippen LogP contribution in [0.1, 0.15) is 62.3 Å². The Morgan fingerprint density at radius 3 is 2.29 bits per heavy atom. The second-order valence-electron chi connectivity index (χ2n) is 9.19. The van der Waals surface area contributed by atoms with Gasteiger partial charge in [-0.3, -0.25) is 4.98 Å². The molecule has 0 bridgehead atoms. The Hall–Kier alpha value is -1.75. The highest BCUT2D eigenvalue weighted by Gasteiger charge is 2.55. The van der Waals surface area contributed by atoms with Gasteiger partial charge in [0.1, 0.15) is 5.60 Å². The monoisotopic (exact) mass is 382 g/mol. The van der Waals surface area contributed by atoms with Gasteiger partial charge in [-0.15, -0.1) is 0 Å². The van der Waals surface area contributed by atoms with Gasteiger partial charge < -0.3 is 15.1 Å². The van der Waals surface area contributed by atoms with Crippen molar-refractivity contribution >= 4 is 0 Å². The molecule has 0 spiro atoms. The number of likely N-dealkylation sites (tertiary alicyclic amines) is 1. The Balaban J connectivity index is 2.04. The van der Waals surface area contributed by atoms with Crippen molar-refractivity contribution in [3.63, 3.8) is 0 Å². The minimum atomic E-state index is -1.11. The molecule has 1 saturated heterocycles. The van der Waals surface area contributed by atoms with Gasteiger partial charge in [-0.2, -0.15) is 0 Å². The normalized spacial score (nSPS) is 19.9. The minimum Gasteiger partial charge on any atom is -0.393 e. The summed E-state index contributed by atoms with van der Waals surface area (Å²) < 4.78 is 0. The van der Waals surface area contributed by atoms with Crippen LogP contribution in [0.5, 0.6) is 0 Å². The summed E-state index contributed by atoms with van der Waals surface area (Å²) in [6.07, 6.45) is 4.73. The molecule has 4 nitrogen and oxygen atoms in total. The van der Waals surface area contributed by atoms with Crippen LogP contribution in [-0.2, 0) is 12.0 Å². The van der Waals surface area contributed by atoms with Crippen LogP contribution in [0.15, 0.2) is 42.7 Å². The van der Waals surface area contributed by atoms with Crippen molar-refractivity contribution in [2.75, 3.05) is 20.1 Å². The van der Waals surface area contributed by atoms with Crippen molar-refractivity contribution in [3.05, 3.63) is 65.0 Å². The fourth-order valence-electron chi connectivity index (χ4n) is 4.54. The van der Waals surface area contributed by atoms with Crippen molar-refractivity contribution in [2.45, 2.75) is 58.2 Å². The summed E-state index contributed by atoms with van der Waals surface area (Å²) in [5, 5.41) is 21.8. The first-order valence-corrected chi connectivity index (χ1v) is 10.3. The molecule has 0 amide bonds. The average Bonchev–Trinajstić information content (AvgIpc) is 2.64. The number of pyridine rings is 1. The summed E-state index contributed by atoms with van der Waals surface area (Å²) in [7, 11) is 2.08. The maximum absolute atomic E-state index is 12.2. The predicted molar refractivity (Wildman–Crippen MR) is 113 cm³/mol. The Morgan fingerprint density at radius 1 is 1.11 bits per heavy atom. The minimum absolute atomic E-state index is 0.286. The zero-order valence-corrected chi connectivity index (χ0v) is 17.8. The molecular formula is C24H34N2O2. The van der Waals surface area contributed by atoms with E-state index in [1.165, 1.54) is 5.56 Å². The highest BCUT2D eigenvalue weighted by atomic mass is 16.3. The van der Waals surface area contributed by atoms with Crippen LogP contribution in [0.4, 0.5) is 0 Å². The van der Waals surface area contributed by atoms with E-state index in [-0.39, 0.29) is 11.5 Å². The Bertz CT molecular complexity index is 795. The Kier molecular flexibility index (Phi) is 5.95. The molecule has 2 aromatic rings. The lowest BCUT2D eigenvalue weighted by Crippen LogP contribution is -2.63. The van der Waals surface area contributed by atoms with Gasteiger partial charge in [-0.05, 0) is 55.5 Å². The van der Waals surface area contributed by atoms with Gasteiger partial charge >= 0.3 is 0 Å². The maximum Gasteiger partial charge on any atom is 0.124 e. The number of hydrogen-bond acceptors (Lipinski definition) is 4. The number of aromatic nitrogens is 1. The number of hydrogen-bond donors (Lipinski definition) is 2. The van der Waals surface area contributed by atoms with Crippen LogP contribution < -0.4 is 0 Å². The second-order valence-corrected chi connectivity index (χ2v) is 9.19. The largest absolute Gasteiger partial charge is 0.393 e. The standard InChI is InChI=1S/C24H34N2O2/c1-17(2)20-8-10-21(11-9-20)24(28,23(4)15-26(5)16-23)22-12-19(13-25-14-22)7-6-18(3)27/h8-14,17-18,27-28H,6-7,15-16H2,1-5H3/t18-,24+/m1/s1. The van der Waals surface area contributed by atoms with Gasteiger partial charge in [0.25, 0.3) is 0 Å². The van der Waals surface area contributed by atoms with Gasteiger partial charge in [-0.25, -0.2) is 0 Å². The number of aliphatic hydroxyl groups excluding tert-OH is 1. The lowest BCUT2D eigenvalue weighted by Gasteiger charge is -2.56. The Morgan fingerprint density at radius 2 is 1.75 bits per heavy atom. The third-order valence-electron chi connectivity index (χ3n) is 6.17. The molecule has 4 heteroatoms. The van der Waals surface area contributed by atoms with Crippen LogP contribution in [-0.4, -0.2) is 46.3 Å². The van der Waals surface area contributed by atoms with Crippen molar-refractivity contribution in [3.8, 4) is 0 Å². The molecule has 2 heterocycles. The van der Waals surface area contributed by atoms with E-state index < -0.39 is 5.60 Å². The van der Waals surface area contributed by atoms with Crippen molar-refractivity contribution < 1.29 is 10.2 Å². The number of benzene rings is 1. The van der Waals surface area contributed by atoms with E-state index in [1.807, 2.05) is 6.20 Å². The summed E-state index contributed by atoms with van der Waals surface area (Å²) in [4.78, 5) is 6.67. The smallest absolute Gasteiger partial charge is 0.124 e. The second kappa shape index (κ2) is 7.94. The highest BCUT2D eigenvalue weighted by molar-refractivity contribution is 5.41. The molecule has 152 valence electrons. The lowest BCUT2D eigenvalue weighted by atomic mass is 9.62.